The number of thiol groups is 1. The molecule has 1 fully saturated rings. The molecule has 124 valence electrons. The Hall–Kier alpha value is -0.410. The third-order valence-electron chi connectivity index (χ3n) is 4.65. The Morgan fingerprint density at radius 3 is 2.45 bits per heavy atom. The monoisotopic (exact) mass is 344 g/mol. The van der Waals surface area contributed by atoms with Gasteiger partial charge in [-0.3, -0.25) is 0 Å². The second kappa shape index (κ2) is 7.44. The van der Waals surface area contributed by atoms with Crippen LogP contribution in [-0.2, 0) is 0 Å². The molecule has 0 amide bonds. The number of hydrogen-bond donors (Lipinski definition) is 1. The van der Waals surface area contributed by atoms with Crippen molar-refractivity contribution in [3.8, 4) is 5.75 Å². The van der Waals surface area contributed by atoms with E-state index >= 15 is 0 Å². The van der Waals surface area contributed by atoms with Crippen molar-refractivity contribution in [3.63, 3.8) is 0 Å². The fourth-order valence-corrected chi connectivity index (χ4v) is 4.27. The van der Waals surface area contributed by atoms with E-state index in [1.807, 2.05) is 0 Å². The average Bonchev–Trinajstić information content (AvgIpc) is 2.39. The van der Waals surface area contributed by atoms with Gasteiger partial charge in [-0.2, -0.15) is 0 Å². The van der Waals surface area contributed by atoms with Crippen molar-refractivity contribution >= 4 is 24.2 Å². The van der Waals surface area contributed by atoms with Gasteiger partial charge in [-0.1, -0.05) is 51.6 Å². The summed E-state index contributed by atoms with van der Waals surface area (Å²) < 4.78 is 19.6. The molecule has 0 spiro atoms. The molecule has 1 aliphatic rings. The lowest BCUT2D eigenvalue weighted by atomic mass is 9.71. The summed E-state index contributed by atoms with van der Waals surface area (Å²) in [7, 11) is 0. The normalized spacial score (nSPS) is 29.7. The minimum Gasteiger partial charge on any atom is -0.491 e. The molecule has 2 rings (SSSR count). The van der Waals surface area contributed by atoms with Crippen LogP contribution in [0.1, 0.15) is 52.9 Å². The molecule has 0 bridgehead atoms. The first kappa shape index (κ1) is 17.9. The second-order valence-corrected chi connectivity index (χ2v) is 8.27. The number of hydrogen-bond acceptors (Lipinski definition) is 2. The van der Waals surface area contributed by atoms with Crippen LogP contribution in [0.25, 0.3) is 0 Å². The van der Waals surface area contributed by atoms with Crippen molar-refractivity contribution < 1.29 is 9.13 Å². The van der Waals surface area contributed by atoms with Crippen molar-refractivity contribution in [2.75, 3.05) is 6.61 Å². The predicted molar refractivity (Wildman–Crippen MR) is 93.7 cm³/mol. The van der Waals surface area contributed by atoms with Gasteiger partial charge in [-0.25, -0.2) is 4.39 Å². The maximum atomic E-state index is 13.6. The Balaban J connectivity index is 2.08. The first-order valence-corrected chi connectivity index (χ1v) is 8.92. The summed E-state index contributed by atoms with van der Waals surface area (Å²) in [5.41, 5.74) is 0.110. The van der Waals surface area contributed by atoms with E-state index in [1.54, 1.807) is 0 Å². The summed E-state index contributed by atoms with van der Waals surface area (Å²) >= 11 is 10.2. The minimum absolute atomic E-state index is 0.110. The first-order valence-electron chi connectivity index (χ1n) is 8.10. The fraction of sp³-hybridized carbons (Fsp3) is 0.667. The maximum Gasteiger partial charge on any atom is 0.140 e. The Bertz CT molecular complexity index is 508. The molecule has 22 heavy (non-hydrogen) atoms. The van der Waals surface area contributed by atoms with Gasteiger partial charge in [0.25, 0.3) is 0 Å². The molecular formula is C18H26ClFOS. The zero-order valence-electron chi connectivity index (χ0n) is 13.7. The van der Waals surface area contributed by atoms with Crippen molar-refractivity contribution in [1.82, 2.24) is 0 Å². The SMILES string of the molecule is C[C@@H]1CCC[C@H](C)CC(C)(COc2cc(F)c(S)cc2Cl)C1. The lowest BCUT2D eigenvalue weighted by Gasteiger charge is -2.36. The molecule has 4 heteroatoms. The molecular weight excluding hydrogens is 319 g/mol. The number of halogens is 2. The molecule has 0 N–H and O–H groups in total. The molecule has 0 radical (unpaired) electrons. The van der Waals surface area contributed by atoms with Crippen molar-refractivity contribution in [1.29, 1.82) is 0 Å². The number of ether oxygens (including phenoxy) is 1. The first-order chi connectivity index (χ1) is 10.3. The van der Waals surface area contributed by atoms with Gasteiger partial charge in [0.2, 0.25) is 0 Å². The number of rotatable bonds is 3. The molecule has 1 aromatic rings. The van der Waals surface area contributed by atoms with Crippen LogP contribution in [0.4, 0.5) is 4.39 Å². The fourth-order valence-electron chi connectivity index (χ4n) is 3.78. The highest BCUT2D eigenvalue weighted by Gasteiger charge is 2.31. The van der Waals surface area contributed by atoms with E-state index in [4.69, 9.17) is 16.3 Å². The van der Waals surface area contributed by atoms with Crippen LogP contribution < -0.4 is 4.74 Å². The Labute approximate surface area is 144 Å². The van der Waals surface area contributed by atoms with Crippen LogP contribution in [0.2, 0.25) is 5.02 Å². The molecule has 1 nitrogen and oxygen atoms in total. The molecule has 1 aliphatic carbocycles. The molecule has 0 aliphatic heterocycles. The van der Waals surface area contributed by atoms with Crippen LogP contribution >= 0.6 is 24.2 Å². The minimum atomic E-state index is -0.396. The molecule has 1 saturated carbocycles. The van der Waals surface area contributed by atoms with Gasteiger partial charge >= 0.3 is 0 Å². The van der Waals surface area contributed by atoms with Gasteiger partial charge in [0.1, 0.15) is 11.6 Å². The largest absolute Gasteiger partial charge is 0.491 e. The van der Waals surface area contributed by atoms with Gasteiger partial charge in [-0.15, -0.1) is 12.6 Å². The highest BCUT2D eigenvalue weighted by molar-refractivity contribution is 7.80. The topological polar surface area (TPSA) is 9.23 Å². The molecule has 0 aromatic heterocycles. The van der Waals surface area contributed by atoms with E-state index in [9.17, 15) is 4.39 Å². The van der Waals surface area contributed by atoms with Crippen LogP contribution in [0, 0.1) is 23.1 Å². The van der Waals surface area contributed by atoms with Crippen LogP contribution in [0.15, 0.2) is 17.0 Å². The van der Waals surface area contributed by atoms with E-state index < -0.39 is 5.82 Å². The second-order valence-electron chi connectivity index (χ2n) is 7.38. The third-order valence-corrected chi connectivity index (χ3v) is 5.29. The maximum absolute atomic E-state index is 13.6. The summed E-state index contributed by atoms with van der Waals surface area (Å²) in [6.07, 6.45) is 6.16. The summed E-state index contributed by atoms with van der Waals surface area (Å²) in [6.45, 7) is 7.49. The van der Waals surface area contributed by atoms with Crippen LogP contribution in [0.5, 0.6) is 5.75 Å². The molecule has 3 atom stereocenters. The third kappa shape index (κ3) is 4.79. The number of benzene rings is 1. The smallest absolute Gasteiger partial charge is 0.140 e. The highest BCUT2D eigenvalue weighted by atomic mass is 35.5. The van der Waals surface area contributed by atoms with Crippen molar-refractivity contribution in [2.45, 2.75) is 57.8 Å². The van der Waals surface area contributed by atoms with E-state index in [-0.39, 0.29) is 10.3 Å². The van der Waals surface area contributed by atoms with Gasteiger partial charge in [0.05, 0.1) is 11.6 Å². The van der Waals surface area contributed by atoms with Gasteiger partial charge in [-0.05, 0) is 30.7 Å². The van der Waals surface area contributed by atoms with Crippen LogP contribution in [0.3, 0.4) is 0 Å². The zero-order valence-corrected chi connectivity index (χ0v) is 15.3. The summed E-state index contributed by atoms with van der Waals surface area (Å²) in [6, 6.07) is 2.84. The van der Waals surface area contributed by atoms with Gasteiger partial charge in [0, 0.05) is 16.4 Å². The summed E-state index contributed by atoms with van der Waals surface area (Å²) in [5, 5.41) is 0.418. The van der Waals surface area contributed by atoms with Crippen LogP contribution in [-0.4, -0.2) is 6.61 Å². The zero-order chi connectivity index (χ0) is 16.3. The van der Waals surface area contributed by atoms with Gasteiger partial charge < -0.3 is 4.74 Å². The highest BCUT2D eigenvalue weighted by Crippen LogP contribution is 2.40. The quantitative estimate of drug-likeness (QED) is 0.625. The van der Waals surface area contributed by atoms with Crippen molar-refractivity contribution in [3.05, 3.63) is 23.0 Å². The van der Waals surface area contributed by atoms with E-state index in [0.717, 1.165) is 12.8 Å². The average molecular weight is 345 g/mol. The Morgan fingerprint density at radius 2 is 1.86 bits per heavy atom. The lowest BCUT2D eigenvalue weighted by molar-refractivity contribution is 0.0900. The Morgan fingerprint density at radius 1 is 1.27 bits per heavy atom. The standard InChI is InChI=1S/C18H26ClFOS/c1-12-5-4-6-13(2)10-18(3,9-12)11-21-16-8-15(20)17(22)7-14(16)19/h7-8,12-13,22H,4-6,9-11H2,1-3H3/t12-,13+,18?. The molecule has 0 saturated heterocycles. The summed E-state index contributed by atoms with van der Waals surface area (Å²) in [5.74, 6) is 1.43. The summed E-state index contributed by atoms with van der Waals surface area (Å²) in [4.78, 5) is 0.247. The van der Waals surface area contributed by atoms with Gasteiger partial charge in [0.15, 0.2) is 0 Å². The lowest BCUT2D eigenvalue weighted by Crippen LogP contribution is -2.31. The van der Waals surface area contributed by atoms with Crippen molar-refractivity contribution in [2.24, 2.45) is 17.3 Å². The molecule has 1 unspecified atom stereocenters. The van der Waals surface area contributed by atoms with E-state index in [0.29, 0.717) is 29.2 Å². The van der Waals surface area contributed by atoms with E-state index in [2.05, 4.69) is 33.4 Å². The molecule has 0 heterocycles. The molecule has 1 aromatic carbocycles. The van der Waals surface area contributed by atoms with E-state index in [1.165, 1.54) is 31.4 Å². The Kier molecular flexibility index (Phi) is 6.07. The predicted octanol–water partition coefficient (Wildman–Crippen LogP) is 6.39.